The van der Waals surface area contributed by atoms with Crippen molar-refractivity contribution in [3.63, 3.8) is 0 Å². The summed E-state index contributed by atoms with van der Waals surface area (Å²) in [5.74, 6) is 0.00889. The third-order valence-corrected chi connectivity index (χ3v) is 6.96. The van der Waals surface area contributed by atoms with E-state index in [1.54, 1.807) is 0 Å². The van der Waals surface area contributed by atoms with Gasteiger partial charge in [-0.3, -0.25) is 9.69 Å². The molecule has 0 spiro atoms. The maximum absolute atomic E-state index is 13.3. The fourth-order valence-electron chi connectivity index (χ4n) is 4.45. The molecule has 2 atom stereocenters. The maximum atomic E-state index is 13.3. The van der Waals surface area contributed by atoms with Gasteiger partial charge < -0.3 is 14.6 Å². The number of allylic oxidation sites excluding steroid dienone is 2. The van der Waals surface area contributed by atoms with Gasteiger partial charge in [-0.25, -0.2) is 0 Å². The van der Waals surface area contributed by atoms with Gasteiger partial charge in [0.25, 0.3) is 5.91 Å². The van der Waals surface area contributed by atoms with Crippen molar-refractivity contribution in [2.24, 2.45) is 5.92 Å². The normalized spacial score (nSPS) is 21.4. The van der Waals surface area contributed by atoms with E-state index in [9.17, 15) is 4.79 Å². The SMILES string of the molecule is Cc1c(C(=O)NC2C=CC=C(Cl)C2C)cc(-c2ccccc2)n1CCCN1CCOCC1. The van der Waals surface area contributed by atoms with E-state index < -0.39 is 0 Å². The highest BCUT2D eigenvalue weighted by atomic mass is 35.5. The standard InChI is InChI=1S/C26H32ClN3O2/c1-19-23(27)10-6-11-24(19)28-26(31)22-18-25(21-8-4-3-5-9-21)30(20(22)2)13-7-12-29-14-16-32-17-15-29/h3-6,8-11,18-19,24H,7,12-17H2,1-2H3,(H,28,31). The Morgan fingerprint density at radius 3 is 2.69 bits per heavy atom. The number of nitrogens with one attached hydrogen (secondary N) is 1. The van der Waals surface area contributed by atoms with Crippen LogP contribution in [-0.4, -0.2) is 54.3 Å². The number of carbonyl (C=O) groups excluding carboxylic acids is 1. The van der Waals surface area contributed by atoms with Crippen molar-refractivity contribution in [2.45, 2.75) is 32.9 Å². The second-order valence-corrected chi connectivity index (χ2v) is 9.01. The second kappa shape index (κ2) is 10.5. The predicted octanol–water partition coefficient (Wildman–Crippen LogP) is 4.61. The van der Waals surface area contributed by atoms with E-state index in [4.69, 9.17) is 16.3 Å². The van der Waals surface area contributed by atoms with Crippen LogP contribution in [0, 0.1) is 12.8 Å². The molecular formula is C26H32ClN3O2. The molecular weight excluding hydrogens is 422 g/mol. The molecule has 2 aromatic rings. The molecule has 2 heterocycles. The minimum absolute atomic E-state index is 0.0560. The van der Waals surface area contributed by atoms with Gasteiger partial charge in [0.2, 0.25) is 0 Å². The summed E-state index contributed by atoms with van der Waals surface area (Å²) >= 11 is 6.30. The predicted molar refractivity (Wildman–Crippen MR) is 130 cm³/mol. The number of carbonyl (C=O) groups is 1. The molecule has 0 saturated carbocycles. The molecule has 0 radical (unpaired) electrons. The highest BCUT2D eigenvalue weighted by molar-refractivity contribution is 6.30. The molecule has 1 aliphatic heterocycles. The summed E-state index contributed by atoms with van der Waals surface area (Å²) in [4.78, 5) is 15.7. The van der Waals surface area contributed by atoms with Crippen molar-refractivity contribution in [1.29, 1.82) is 0 Å². The maximum Gasteiger partial charge on any atom is 0.253 e. The first kappa shape index (κ1) is 22.8. The topological polar surface area (TPSA) is 46.5 Å². The summed E-state index contributed by atoms with van der Waals surface area (Å²) in [6, 6.07) is 12.2. The molecule has 1 aromatic heterocycles. The van der Waals surface area contributed by atoms with Crippen LogP contribution < -0.4 is 5.32 Å². The van der Waals surface area contributed by atoms with Crippen LogP contribution in [0.1, 0.15) is 29.4 Å². The van der Waals surface area contributed by atoms with Crippen LogP contribution in [0.15, 0.2) is 59.7 Å². The zero-order valence-corrected chi connectivity index (χ0v) is 19.6. The lowest BCUT2D eigenvalue weighted by atomic mass is 9.96. The van der Waals surface area contributed by atoms with Crippen LogP contribution >= 0.6 is 11.6 Å². The number of halogens is 1. The average molecular weight is 454 g/mol. The minimum atomic E-state index is -0.107. The first-order valence-corrected chi connectivity index (χ1v) is 11.8. The Hall–Kier alpha value is -2.34. The van der Waals surface area contributed by atoms with Crippen molar-refractivity contribution >= 4 is 17.5 Å². The van der Waals surface area contributed by atoms with E-state index in [2.05, 4.69) is 26.9 Å². The number of hydrogen-bond acceptors (Lipinski definition) is 3. The summed E-state index contributed by atoms with van der Waals surface area (Å²) in [5.41, 5.74) is 3.93. The van der Waals surface area contributed by atoms with Crippen molar-refractivity contribution in [3.8, 4) is 11.3 Å². The quantitative estimate of drug-likeness (QED) is 0.665. The highest BCUT2D eigenvalue weighted by Gasteiger charge is 2.25. The molecule has 1 N–H and O–H groups in total. The molecule has 0 bridgehead atoms. The van der Waals surface area contributed by atoms with Crippen LogP contribution in [0.3, 0.4) is 0 Å². The summed E-state index contributed by atoms with van der Waals surface area (Å²) in [6.07, 6.45) is 6.82. The van der Waals surface area contributed by atoms with Gasteiger partial charge in [-0.05, 0) is 31.1 Å². The average Bonchev–Trinajstić information content (AvgIpc) is 3.14. The Bertz CT molecular complexity index is 990. The van der Waals surface area contributed by atoms with E-state index in [1.165, 1.54) is 0 Å². The first-order chi connectivity index (χ1) is 15.5. The summed E-state index contributed by atoms with van der Waals surface area (Å²) < 4.78 is 7.75. The van der Waals surface area contributed by atoms with Gasteiger partial charge in [-0.2, -0.15) is 0 Å². The molecule has 1 saturated heterocycles. The van der Waals surface area contributed by atoms with E-state index in [-0.39, 0.29) is 17.9 Å². The lowest BCUT2D eigenvalue weighted by molar-refractivity contribution is 0.0369. The number of benzene rings is 1. The monoisotopic (exact) mass is 453 g/mol. The molecule has 32 heavy (non-hydrogen) atoms. The fourth-order valence-corrected chi connectivity index (χ4v) is 4.66. The fraction of sp³-hybridized carbons (Fsp3) is 0.423. The zero-order valence-electron chi connectivity index (χ0n) is 18.9. The molecule has 1 aromatic carbocycles. The molecule has 170 valence electrons. The lowest BCUT2D eigenvalue weighted by Gasteiger charge is -2.26. The lowest BCUT2D eigenvalue weighted by Crippen LogP contribution is -2.39. The van der Waals surface area contributed by atoms with E-state index in [0.717, 1.165) is 73.4 Å². The van der Waals surface area contributed by atoms with Gasteiger partial charge in [-0.1, -0.05) is 61.0 Å². The van der Waals surface area contributed by atoms with Crippen LogP contribution in [0.4, 0.5) is 0 Å². The van der Waals surface area contributed by atoms with E-state index >= 15 is 0 Å². The van der Waals surface area contributed by atoms with E-state index in [1.807, 2.05) is 56.3 Å². The third-order valence-electron chi connectivity index (χ3n) is 6.49. The van der Waals surface area contributed by atoms with Crippen LogP contribution in [0.25, 0.3) is 11.3 Å². The summed E-state index contributed by atoms with van der Waals surface area (Å²) in [7, 11) is 0. The van der Waals surface area contributed by atoms with Gasteiger partial charge >= 0.3 is 0 Å². The second-order valence-electron chi connectivity index (χ2n) is 8.58. The first-order valence-electron chi connectivity index (χ1n) is 11.4. The summed E-state index contributed by atoms with van der Waals surface area (Å²) in [6.45, 7) is 9.60. The van der Waals surface area contributed by atoms with Crippen molar-refractivity contribution in [1.82, 2.24) is 14.8 Å². The Morgan fingerprint density at radius 2 is 1.94 bits per heavy atom. The number of ether oxygens (including phenoxy) is 1. The smallest absolute Gasteiger partial charge is 0.253 e. The Morgan fingerprint density at radius 1 is 1.19 bits per heavy atom. The molecule has 2 unspecified atom stereocenters. The zero-order chi connectivity index (χ0) is 22.5. The third kappa shape index (κ3) is 5.17. The van der Waals surface area contributed by atoms with Crippen molar-refractivity contribution < 1.29 is 9.53 Å². The largest absolute Gasteiger partial charge is 0.379 e. The van der Waals surface area contributed by atoms with Crippen molar-refractivity contribution in [3.05, 3.63) is 70.9 Å². The number of nitrogens with zero attached hydrogens (tertiary/aromatic N) is 2. The van der Waals surface area contributed by atoms with Gasteiger partial charge in [0.05, 0.1) is 24.8 Å². The van der Waals surface area contributed by atoms with E-state index in [0.29, 0.717) is 0 Å². The molecule has 6 heteroatoms. The number of rotatable bonds is 7. The molecule has 1 amide bonds. The molecule has 1 fully saturated rings. The Kier molecular flexibility index (Phi) is 7.51. The molecule has 4 rings (SSSR count). The van der Waals surface area contributed by atoms with Gasteiger partial charge in [0.15, 0.2) is 0 Å². The van der Waals surface area contributed by atoms with Crippen LogP contribution in [0.2, 0.25) is 0 Å². The number of amides is 1. The Labute approximate surface area is 195 Å². The molecule has 5 nitrogen and oxygen atoms in total. The number of hydrogen-bond donors (Lipinski definition) is 1. The number of aromatic nitrogens is 1. The molecule has 1 aliphatic carbocycles. The number of morpholine rings is 1. The van der Waals surface area contributed by atoms with Crippen molar-refractivity contribution in [2.75, 3.05) is 32.8 Å². The summed E-state index contributed by atoms with van der Waals surface area (Å²) in [5, 5.41) is 3.93. The van der Waals surface area contributed by atoms with Gasteiger partial charge in [-0.15, -0.1) is 0 Å². The van der Waals surface area contributed by atoms with Crippen LogP contribution in [0.5, 0.6) is 0 Å². The highest BCUT2D eigenvalue weighted by Crippen LogP contribution is 2.28. The Balaban J connectivity index is 1.54. The van der Waals surface area contributed by atoms with Gasteiger partial charge in [0, 0.05) is 48.5 Å². The minimum Gasteiger partial charge on any atom is -0.379 e. The molecule has 2 aliphatic rings. The van der Waals surface area contributed by atoms with Gasteiger partial charge in [0.1, 0.15) is 0 Å². The van der Waals surface area contributed by atoms with Crippen LogP contribution in [-0.2, 0) is 11.3 Å².